The minimum Gasteiger partial charge on any atom is -0.496 e. The molecular formula is C18H24N4O3. The van der Waals surface area contributed by atoms with Crippen LogP contribution in [-0.2, 0) is 12.8 Å². The van der Waals surface area contributed by atoms with E-state index < -0.39 is 0 Å². The molecule has 7 nitrogen and oxygen atoms in total. The maximum atomic E-state index is 12.1. The zero-order valence-corrected chi connectivity index (χ0v) is 14.8. The number of urea groups is 1. The molecule has 0 saturated heterocycles. The third-order valence-corrected chi connectivity index (χ3v) is 4.38. The predicted molar refractivity (Wildman–Crippen MR) is 92.7 cm³/mol. The summed E-state index contributed by atoms with van der Waals surface area (Å²) in [4.78, 5) is 16.4. The van der Waals surface area contributed by atoms with Gasteiger partial charge >= 0.3 is 6.03 Å². The number of carbonyl (C=O) groups excluding carboxylic acids is 1. The van der Waals surface area contributed by atoms with Gasteiger partial charge in [-0.2, -0.15) is 4.98 Å². The fraction of sp³-hybridized carbons (Fsp3) is 0.500. The van der Waals surface area contributed by atoms with Gasteiger partial charge in [0, 0.05) is 18.9 Å². The SMILES string of the molecule is COc1cccc2c1CCC2NC(=O)NCCc1nc(C(C)C)no1. The molecule has 1 atom stereocenters. The second-order valence-electron chi connectivity index (χ2n) is 6.47. The summed E-state index contributed by atoms with van der Waals surface area (Å²) in [5, 5.41) is 9.78. The maximum absolute atomic E-state index is 12.1. The Labute approximate surface area is 147 Å². The summed E-state index contributed by atoms with van der Waals surface area (Å²) in [5.74, 6) is 2.35. The van der Waals surface area contributed by atoms with E-state index in [0.717, 1.165) is 24.2 Å². The van der Waals surface area contributed by atoms with E-state index in [4.69, 9.17) is 9.26 Å². The van der Waals surface area contributed by atoms with Crippen LogP contribution in [0.25, 0.3) is 0 Å². The van der Waals surface area contributed by atoms with Crippen molar-refractivity contribution in [2.75, 3.05) is 13.7 Å². The molecule has 0 aliphatic heterocycles. The number of hydrogen-bond acceptors (Lipinski definition) is 5. The van der Waals surface area contributed by atoms with Crippen molar-refractivity contribution in [3.8, 4) is 5.75 Å². The van der Waals surface area contributed by atoms with Gasteiger partial charge in [0.05, 0.1) is 13.2 Å². The number of fused-ring (bicyclic) bond motifs is 1. The fourth-order valence-corrected chi connectivity index (χ4v) is 3.06. The highest BCUT2D eigenvalue weighted by atomic mass is 16.5. The Morgan fingerprint density at radius 3 is 3.00 bits per heavy atom. The fourth-order valence-electron chi connectivity index (χ4n) is 3.06. The van der Waals surface area contributed by atoms with E-state index >= 15 is 0 Å². The van der Waals surface area contributed by atoms with E-state index in [1.807, 2.05) is 32.0 Å². The molecule has 1 heterocycles. The van der Waals surface area contributed by atoms with Crippen molar-refractivity contribution in [3.63, 3.8) is 0 Å². The van der Waals surface area contributed by atoms with Crippen LogP contribution in [-0.4, -0.2) is 29.8 Å². The Bertz CT molecular complexity index is 742. The third kappa shape index (κ3) is 3.92. The highest BCUT2D eigenvalue weighted by molar-refractivity contribution is 5.74. The molecule has 2 N–H and O–H groups in total. The number of amides is 2. The second kappa shape index (κ2) is 7.55. The average molecular weight is 344 g/mol. The quantitative estimate of drug-likeness (QED) is 0.841. The number of nitrogens with one attached hydrogen (secondary N) is 2. The molecule has 2 aromatic rings. The Morgan fingerprint density at radius 1 is 1.44 bits per heavy atom. The first-order valence-corrected chi connectivity index (χ1v) is 8.61. The summed E-state index contributed by atoms with van der Waals surface area (Å²) >= 11 is 0. The maximum Gasteiger partial charge on any atom is 0.315 e. The van der Waals surface area contributed by atoms with Gasteiger partial charge in [0.15, 0.2) is 5.82 Å². The van der Waals surface area contributed by atoms with Crippen molar-refractivity contribution in [1.29, 1.82) is 0 Å². The Hall–Kier alpha value is -2.57. The minimum atomic E-state index is -0.190. The van der Waals surface area contributed by atoms with Gasteiger partial charge in [-0.1, -0.05) is 31.1 Å². The zero-order chi connectivity index (χ0) is 17.8. The van der Waals surface area contributed by atoms with Crippen molar-refractivity contribution < 1.29 is 14.1 Å². The smallest absolute Gasteiger partial charge is 0.315 e. The zero-order valence-electron chi connectivity index (χ0n) is 14.8. The number of nitrogens with zero attached hydrogens (tertiary/aromatic N) is 2. The van der Waals surface area contributed by atoms with Crippen LogP contribution in [0.15, 0.2) is 22.7 Å². The Kier molecular flexibility index (Phi) is 5.21. The molecule has 1 aliphatic carbocycles. The number of carbonyl (C=O) groups is 1. The van der Waals surface area contributed by atoms with Crippen molar-refractivity contribution in [3.05, 3.63) is 41.0 Å². The van der Waals surface area contributed by atoms with E-state index in [2.05, 4.69) is 20.8 Å². The van der Waals surface area contributed by atoms with Crippen LogP contribution in [0.4, 0.5) is 4.79 Å². The number of ether oxygens (including phenoxy) is 1. The number of methoxy groups -OCH3 is 1. The summed E-state index contributed by atoms with van der Waals surface area (Å²) in [6.45, 7) is 4.47. The molecule has 0 saturated carbocycles. The number of hydrogen-bond donors (Lipinski definition) is 2. The lowest BCUT2D eigenvalue weighted by Gasteiger charge is -2.15. The lowest BCUT2D eigenvalue weighted by Crippen LogP contribution is -2.38. The second-order valence-corrected chi connectivity index (χ2v) is 6.47. The number of rotatable bonds is 6. The van der Waals surface area contributed by atoms with Gasteiger partial charge in [-0.3, -0.25) is 0 Å². The summed E-state index contributed by atoms with van der Waals surface area (Å²) < 4.78 is 10.6. The summed E-state index contributed by atoms with van der Waals surface area (Å²) in [7, 11) is 1.67. The molecule has 25 heavy (non-hydrogen) atoms. The van der Waals surface area contributed by atoms with E-state index in [0.29, 0.717) is 24.7 Å². The van der Waals surface area contributed by atoms with Gasteiger partial charge in [0.1, 0.15) is 5.75 Å². The first-order chi connectivity index (χ1) is 12.1. The average Bonchev–Trinajstić information content (AvgIpc) is 3.22. The normalized spacial score (nSPS) is 15.9. The molecule has 7 heteroatoms. The molecule has 1 aromatic heterocycles. The highest BCUT2D eigenvalue weighted by Gasteiger charge is 2.26. The molecule has 0 spiro atoms. The molecule has 134 valence electrons. The van der Waals surface area contributed by atoms with Gasteiger partial charge in [-0.25, -0.2) is 4.79 Å². The molecule has 0 bridgehead atoms. The molecule has 1 aromatic carbocycles. The third-order valence-electron chi connectivity index (χ3n) is 4.38. The molecule has 2 amide bonds. The van der Waals surface area contributed by atoms with Crippen LogP contribution in [0.5, 0.6) is 5.75 Å². The van der Waals surface area contributed by atoms with Crippen molar-refractivity contribution in [1.82, 2.24) is 20.8 Å². The van der Waals surface area contributed by atoms with Gasteiger partial charge in [-0.15, -0.1) is 0 Å². The first-order valence-electron chi connectivity index (χ1n) is 8.61. The topological polar surface area (TPSA) is 89.3 Å². The van der Waals surface area contributed by atoms with Gasteiger partial charge < -0.3 is 19.9 Å². The van der Waals surface area contributed by atoms with Gasteiger partial charge in [0.2, 0.25) is 5.89 Å². The van der Waals surface area contributed by atoms with E-state index in [9.17, 15) is 4.79 Å². The van der Waals surface area contributed by atoms with Crippen molar-refractivity contribution >= 4 is 6.03 Å². The largest absolute Gasteiger partial charge is 0.496 e. The Balaban J connectivity index is 1.49. The van der Waals surface area contributed by atoms with Crippen LogP contribution >= 0.6 is 0 Å². The lowest BCUT2D eigenvalue weighted by molar-refractivity contribution is 0.236. The first kappa shape index (κ1) is 17.3. The summed E-state index contributed by atoms with van der Waals surface area (Å²) in [5.41, 5.74) is 2.32. The molecule has 3 rings (SSSR count). The standard InChI is InChI=1S/C18H24N4O3/c1-11(2)17-21-16(25-22-17)9-10-19-18(23)20-14-8-7-13-12(14)5-4-6-15(13)24-3/h4-6,11,14H,7-10H2,1-3H3,(H2,19,20,23). The molecule has 0 fully saturated rings. The van der Waals surface area contributed by atoms with Crippen LogP contribution in [0.2, 0.25) is 0 Å². The van der Waals surface area contributed by atoms with Gasteiger partial charge in [-0.05, 0) is 30.0 Å². The molecule has 1 unspecified atom stereocenters. The van der Waals surface area contributed by atoms with E-state index in [1.165, 1.54) is 5.56 Å². The van der Waals surface area contributed by atoms with Crippen molar-refractivity contribution in [2.45, 2.75) is 45.1 Å². The van der Waals surface area contributed by atoms with E-state index in [-0.39, 0.29) is 18.0 Å². The van der Waals surface area contributed by atoms with Crippen LogP contribution in [0, 0.1) is 0 Å². The Morgan fingerprint density at radius 2 is 2.28 bits per heavy atom. The van der Waals surface area contributed by atoms with Crippen LogP contribution in [0.3, 0.4) is 0 Å². The van der Waals surface area contributed by atoms with Crippen LogP contribution in [0.1, 0.15) is 55.1 Å². The van der Waals surface area contributed by atoms with Crippen molar-refractivity contribution in [2.24, 2.45) is 0 Å². The molecular weight excluding hydrogens is 320 g/mol. The van der Waals surface area contributed by atoms with Gasteiger partial charge in [0.25, 0.3) is 0 Å². The summed E-state index contributed by atoms with van der Waals surface area (Å²) in [6.07, 6.45) is 2.30. The number of aromatic nitrogens is 2. The molecule has 0 radical (unpaired) electrons. The number of benzene rings is 1. The van der Waals surface area contributed by atoms with E-state index in [1.54, 1.807) is 7.11 Å². The monoisotopic (exact) mass is 344 g/mol. The van der Waals surface area contributed by atoms with Crippen LogP contribution < -0.4 is 15.4 Å². The highest BCUT2D eigenvalue weighted by Crippen LogP contribution is 2.36. The summed E-state index contributed by atoms with van der Waals surface area (Å²) in [6, 6.07) is 5.78. The molecule has 1 aliphatic rings. The predicted octanol–water partition coefficient (Wildman–Crippen LogP) is 2.73. The minimum absolute atomic E-state index is 0.0149. The lowest BCUT2D eigenvalue weighted by atomic mass is 10.1.